The molecular weight excluding hydrogens is 440 g/mol. The van der Waals surface area contributed by atoms with Gasteiger partial charge in [-0.2, -0.15) is 0 Å². The van der Waals surface area contributed by atoms with Crippen molar-refractivity contribution in [1.82, 2.24) is 0 Å². The van der Waals surface area contributed by atoms with Gasteiger partial charge >= 0.3 is 5.97 Å². The summed E-state index contributed by atoms with van der Waals surface area (Å²) in [6, 6.07) is 0. The molecule has 0 saturated heterocycles. The third-order valence-corrected chi connectivity index (χ3v) is 5.21. The maximum Gasteiger partial charge on any atom is 0.303 e. The standard InChI is InChI=1S/C14H17Br3O2/c1-8-11(5-15)9(2)13(7-17)10(12(8)6-16)3-4-14(18)19/h3-7H2,1-2H3,(H,18,19). The Hall–Kier alpha value is 0.130. The van der Waals surface area contributed by atoms with Gasteiger partial charge in [0.25, 0.3) is 0 Å². The molecule has 0 spiro atoms. The minimum Gasteiger partial charge on any atom is -0.481 e. The van der Waals surface area contributed by atoms with Gasteiger partial charge in [0, 0.05) is 22.4 Å². The second-order valence-corrected chi connectivity index (χ2v) is 6.14. The van der Waals surface area contributed by atoms with Crippen molar-refractivity contribution in [3.8, 4) is 0 Å². The highest BCUT2D eigenvalue weighted by atomic mass is 79.9. The van der Waals surface area contributed by atoms with Gasteiger partial charge < -0.3 is 5.11 Å². The monoisotopic (exact) mass is 454 g/mol. The molecule has 0 amide bonds. The topological polar surface area (TPSA) is 37.3 Å². The van der Waals surface area contributed by atoms with E-state index in [1.165, 1.54) is 33.4 Å². The molecule has 1 aromatic carbocycles. The number of hydrogen-bond donors (Lipinski definition) is 1. The molecule has 0 atom stereocenters. The van der Waals surface area contributed by atoms with Crippen molar-refractivity contribution >= 4 is 53.8 Å². The Morgan fingerprint density at radius 2 is 1.32 bits per heavy atom. The minimum absolute atomic E-state index is 0.173. The minimum atomic E-state index is -0.749. The average Bonchev–Trinajstić information content (AvgIpc) is 2.36. The second kappa shape index (κ2) is 7.79. The highest BCUT2D eigenvalue weighted by Crippen LogP contribution is 2.32. The van der Waals surface area contributed by atoms with E-state index in [9.17, 15) is 4.79 Å². The van der Waals surface area contributed by atoms with E-state index >= 15 is 0 Å². The fraction of sp³-hybridized carbons (Fsp3) is 0.500. The first kappa shape index (κ1) is 17.2. The molecule has 1 rings (SSSR count). The summed E-state index contributed by atoms with van der Waals surface area (Å²) in [6.45, 7) is 4.23. The van der Waals surface area contributed by atoms with Gasteiger partial charge in [0.05, 0.1) is 0 Å². The summed E-state index contributed by atoms with van der Waals surface area (Å²) in [5, 5.41) is 11.2. The van der Waals surface area contributed by atoms with Crippen LogP contribution in [0.5, 0.6) is 0 Å². The predicted molar refractivity (Wildman–Crippen MR) is 89.8 cm³/mol. The van der Waals surface area contributed by atoms with Crippen LogP contribution >= 0.6 is 47.8 Å². The van der Waals surface area contributed by atoms with E-state index in [1.807, 2.05) is 0 Å². The molecule has 1 N–H and O–H groups in total. The molecule has 0 aromatic heterocycles. The Morgan fingerprint density at radius 3 is 1.63 bits per heavy atom. The molecule has 0 saturated carbocycles. The van der Waals surface area contributed by atoms with E-state index in [2.05, 4.69) is 61.6 Å². The quantitative estimate of drug-likeness (QED) is 0.611. The molecular formula is C14H17Br3O2. The first-order valence-corrected chi connectivity index (χ1v) is 9.36. The van der Waals surface area contributed by atoms with Crippen LogP contribution < -0.4 is 0 Å². The van der Waals surface area contributed by atoms with Gasteiger partial charge in [0.1, 0.15) is 0 Å². The molecule has 0 unspecified atom stereocenters. The average molecular weight is 457 g/mol. The maximum atomic E-state index is 10.8. The summed E-state index contributed by atoms with van der Waals surface area (Å²) >= 11 is 10.6. The lowest BCUT2D eigenvalue weighted by Gasteiger charge is -2.21. The van der Waals surface area contributed by atoms with E-state index in [0.717, 1.165) is 16.0 Å². The summed E-state index contributed by atoms with van der Waals surface area (Å²) in [6.07, 6.45) is 0.758. The van der Waals surface area contributed by atoms with Crippen LogP contribution in [0.4, 0.5) is 0 Å². The van der Waals surface area contributed by atoms with Crippen molar-refractivity contribution in [1.29, 1.82) is 0 Å². The number of rotatable bonds is 6. The molecule has 0 radical (unpaired) electrons. The molecule has 0 heterocycles. The molecule has 5 heteroatoms. The Balaban J connectivity index is 3.44. The number of hydrogen-bond acceptors (Lipinski definition) is 1. The van der Waals surface area contributed by atoms with Gasteiger partial charge in [-0.15, -0.1) is 0 Å². The zero-order valence-electron chi connectivity index (χ0n) is 11.0. The molecule has 0 bridgehead atoms. The van der Waals surface area contributed by atoms with Crippen LogP contribution in [0.25, 0.3) is 0 Å². The fourth-order valence-corrected chi connectivity index (χ4v) is 4.74. The van der Waals surface area contributed by atoms with Crippen LogP contribution in [0.3, 0.4) is 0 Å². The van der Waals surface area contributed by atoms with Crippen molar-refractivity contribution in [2.24, 2.45) is 0 Å². The Morgan fingerprint density at radius 1 is 0.895 bits per heavy atom. The molecule has 19 heavy (non-hydrogen) atoms. The lowest BCUT2D eigenvalue weighted by Crippen LogP contribution is -2.09. The number of halogens is 3. The SMILES string of the molecule is Cc1c(CBr)c(C)c(CBr)c(CCC(=O)O)c1CBr. The summed E-state index contributed by atoms with van der Waals surface area (Å²) in [5.41, 5.74) is 7.47. The van der Waals surface area contributed by atoms with E-state index in [0.29, 0.717) is 6.42 Å². The predicted octanol–water partition coefficient (Wildman–Crippen LogP) is 5.01. The van der Waals surface area contributed by atoms with Crippen molar-refractivity contribution in [2.75, 3.05) is 0 Å². The fourth-order valence-electron chi connectivity index (χ4n) is 2.38. The van der Waals surface area contributed by atoms with Gasteiger partial charge in [-0.05, 0) is 53.6 Å². The number of carboxylic acids is 1. The highest BCUT2D eigenvalue weighted by molar-refractivity contribution is 9.09. The van der Waals surface area contributed by atoms with Crippen LogP contribution in [0.2, 0.25) is 0 Å². The number of alkyl halides is 3. The Bertz CT molecular complexity index is 453. The number of carboxylic acid groups (broad SMARTS) is 1. The van der Waals surface area contributed by atoms with Crippen LogP contribution in [0.1, 0.15) is 39.8 Å². The first-order valence-electron chi connectivity index (χ1n) is 6.00. The van der Waals surface area contributed by atoms with Crippen molar-refractivity contribution < 1.29 is 9.90 Å². The van der Waals surface area contributed by atoms with E-state index in [4.69, 9.17) is 5.11 Å². The maximum absolute atomic E-state index is 10.8. The van der Waals surface area contributed by atoms with Gasteiger partial charge in [-0.3, -0.25) is 4.79 Å². The molecule has 0 fully saturated rings. The number of carbonyl (C=O) groups is 1. The third-order valence-electron chi connectivity index (χ3n) is 3.53. The smallest absolute Gasteiger partial charge is 0.303 e. The van der Waals surface area contributed by atoms with E-state index in [1.54, 1.807) is 0 Å². The zero-order chi connectivity index (χ0) is 14.6. The summed E-state index contributed by atoms with van der Waals surface area (Å²) < 4.78 is 0. The summed E-state index contributed by atoms with van der Waals surface area (Å²) in [5.74, 6) is -0.749. The highest BCUT2D eigenvalue weighted by Gasteiger charge is 2.18. The number of aliphatic carboxylic acids is 1. The van der Waals surface area contributed by atoms with Crippen LogP contribution in [-0.2, 0) is 27.2 Å². The van der Waals surface area contributed by atoms with Crippen LogP contribution in [0, 0.1) is 13.8 Å². The van der Waals surface area contributed by atoms with E-state index < -0.39 is 5.97 Å². The van der Waals surface area contributed by atoms with Gasteiger partial charge in [-0.1, -0.05) is 47.8 Å². The Labute approximate surface area is 139 Å². The molecule has 0 aliphatic heterocycles. The first-order chi connectivity index (χ1) is 8.97. The summed E-state index contributed by atoms with van der Waals surface area (Å²) in [4.78, 5) is 10.8. The summed E-state index contributed by atoms with van der Waals surface area (Å²) in [7, 11) is 0. The van der Waals surface area contributed by atoms with Gasteiger partial charge in [-0.25, -0.2) is 0 Å². The van der Waals surface area contributed by atoms with Gasteiger partial charge in [0.2, 0.25) is 0 Å². The molecule has 2 nitrogen and oxygen atoms in total. The second-order valence-electron chi connectivity index (χ2n) is 4.46. The molecule has 106 valence electrons. The normalized spacial score (nSPS) is 10.8. The van der Waals surface area contributed by atoms with Crippen LogP contribution in [0.15, 0.2) is 0 Å². The largest absolute Gasteiger partial charge is 0.481 e. The van der Waals surface area contributed by atoms with Gasteiger partial charge in [0.15, 0.2) is 0 Å². The number of benzene rings is 1. The van der Waals surface area contributed by atoms with Crippen molar-refractivity contribution in [3.63, 3.8) is 0 Å². The molecule has 1 aromatic rings. The third kappa shape index (κ3) is 3.82. The molecule has 0 aliphatic rings. The lowest BCUT2D eigenvalue weighted by atomic mass is 9.87. The lowest BCUT2D eigenvalue weighted by molar-refractivity contribution is -0.136. The van der Waals surface area contributed by atoms with Crippen molar-refractivity contribution in [2.45, 2.75) is 42.7 Å². The van der Waals surface area contributed by atoms with Crippen molar-refractivity contribution in [3.05, 3.63) is 33.4 Å². The van der Waals surface area contributed by atoms with E-state index in [-0.39, 0.29) is 6.42 Å². The molecule has 0 aliphatic carbocycles. The Kier molecular flexibility index (Phi) is 7.05. The van der Waals surface area contributed by atoms with Crippen LogP contribution in [-0.4, -0.2) is 11.1 Å². The zero-order valence-corrected chi connectivity index (χ0v) is 15.8.